The summed E-state index contributed by atoms with van der Waals surface area (Å²) < 4.78 is 19.6. The van der Waals surface area contributed by atoms with Gasteiger partial charge in [-0.05, 0) is 71.1 Å². The van der Waals surface area contributed by atoms with Crippen LogP contribution in [0.25, 0.3) is 87.7 Å². The minimum atomic E-state index is 0.832. The van der Waals surface area contributed by atoms with Crippen LogP contribution in [0.15, 0.2) is 177 Å². The highest BCUT2D eigenvalue weighted by atomic mass is 16.3. The van der Waals surface area contributed by atoms with Gasteiger partial charge < -0.3 is 18.2 Å². The Morgan fingerprint density at radius 3 is 1.68 bits per heavy atom. The number of para-hydroxylation sites is 2. The second-order valence-corrected chi connectivity index (χ2v) is 12.9. The molecule has 0 amide bonds. The van der Waals surface area contributed by atoms with E-state index in [2.05, 4.69) is 138 Å². The Kier molecular flexibility index (Phi) is 5.63. The lowest BCUT2D eigenvalue weighted by Crippen LogP contribution is -2.09. The molecule has 0 saturated carbocycles. The SMILES string of the molecule is c1ccc(-c2ccc(N(c3ccc4c(c3)oc3ccccc34)c3ccc4oc5c(c4c3)c3ccccc3c3oc4ccccc4c35)cc2)cc1. The van der Waals surface area contributed by atoms with Crippen LogP contribution in [0.1, 0.15) is 0 Å². The van der Waals surface area contributed by atoms with E-state index in [9.17, 15) is 0 Å². The van der Waals surface area contributed by atoms with Gasteiger partial charge in [-0.2, -0.15) is 0 Å². The van der Waals surface area contributed by atoms with Crippen molar-refractivity contribution in [3.8, 4) is 11.1 Å². The van der Waals surface area contributed by atoms with Gasteiger partial charge in [-0.1, -0.05) is 103 Å². The molecule has 0 bridgehead atoms. The number of nitrogens with zero attached hydrogens (tertiary/aromatic N) is 1. The zero-order valence-electron chi connectivity index (χ0n) is 26.8. The summed E-state index contributed by atoms with van der Waals surface area (Å²) in [6, 6.07) is 57.1. The fraction of sp³-hybridized carbons (Fsp3) is 0. The first-order chi connectivity index (χ1) is 24.8. The van der Waals surface area contributed by atoms with Crippen LogP contribution in [-0.2, 0) is 0 Å². The molecule has 234 valence electrons. The highest BCUT2D eigenvalue weighted by molar-refractivity contribution is 6.33. The van der Waals surface area contributed by atoms with E-state index in [4.69, 9.17) is 13.3 Å². The van der Waals surface area contributed by atoms with Crippen LogP contribution in [0.4, 0.5) is 17.1 Å². The summed E-state index contributed by atoms with van der Waals surface area (Å²) in [4.78, 5) is 2.30. The third kappa shape index (κ3) is 3.93. The van der Waals surface area contributed by atoms with Gasteiger partial charge in [0, 0.05) is 55.4 Å². The molecule has 8 aromatic carbocycles. The quantitative estimate of drug-likeness (QED) is 0.192. The standard InChI is InChI=1S/C46H27NO3/c1-2-10-28(11-3-1)29-18-20-30(21-19-29)47(32-22-24-34-33-12-6-8-16-39(33)48-42(34)27-32)31-23-25-41-38(26-31)43-35-13-4-5-14-36(35)45-44(46(43)50-41)37-15-7-9-17-40(37)49-45/h1-27H. The Bertz CT molecular complexity index is 3090. The van der Waals surface area contributed by atoms with Crippen LogP contribution < -0.4 is 4.90 Å². The normalized spacial score (nSPS) is 12.0. The van der Waals surface area contributed by atoms with E-state index in [0.717, 1.165) is 93.7 Å². The Morgan fingerprint density at radius 1 is 0.300 bits per heavy atom. The van der Waals surface area contributed by atoms with Crippen molar-refractivity contribution in [3.05, 3.63) is 164 Å². The maximum atomic E-state index is 6.75. The van der Waals surface area contributed by atoms with Gasteiger partial charge in [-0.15, -0.1) is 0 Å². The molecular formula is C46H27NO3. The minimum Gasteiger partial charge on any atom is -0.456 e. The first-order valence-electron chi connectivity index (χ1n) is 16.8. The predicted octanol–water partition coefficient (Wildman–Crippen LogP) is 13.7. The van der Waals surface area contributed by atoms with Gasteiger partial charge in [0.05, 0.1) is 5.39 Å². The van der Waals surface area contributed by atoms with Crippen molar-refractivity contribution in [3.63, 3.8) is 0 Å². The molecule has 0 fully saturated rings. The number of hydrogen-bond acceptors (Lipinski definition) is 4. The lowest BCUT2D eigenvalue weighted by Gasteiger charge is -2.25. The first kappa shape index (κ1) is 27.2. The fourth-order valence-corrected chi connectivity index (χ4v) is 7.76. The van der Waals surface area contributed by atoms with E-state index >= 15 is 0 Å². The number of furan rings is 3. The van der Waals surface area contributed by atoms with Crippen LogP contribution in [0.3, 0.4) is 0 Å². The van der Waals surface area contributed by atoms with Crippen molar-refractivity contribution in [1.29, 1.82) is 0 Å². The molecule has 0 unspecified atom stereocenters. The molecule has 0 aliphatic carbocycles. The lowest BCUT2D eigenvalue weighted by molar-refractivity contribution is 0.665. The smallest absolute Gasteiger partial charge is 0.147 e. The predicted molar refractivity (Wildman–Crippen MR) is 206 cm³/mol. The van der Waals surface area contributed by atoms with Crippen molar-refractivity contribution < 1.29 is 13.3 Å². The lowest BCUT2D eigenvalue weighted by atomic mass is 9.99. The summed E-state index contributed by atoms with van der Waals surface area (Å²) in [5.41, 5.74) is 10.5. The maximum absolute atomic E-state index is 6.75. The monoisotopic (exact) mass is 641 g/mol. The molecule has 50 heavy (non-hydrogen) atoms. The second-order valence-electron chi connectivity index (χ2n) is 12.9. The molecule has 0 N–H and O–H groups in total. The van der Waals surface area contributed by atoms with Gasteiger partial charge in [0.2, 0.25) is 0 Å². The zero-order valence-corrected chi connectivity index (χ0v) is 26.8. The van der Waals surface area contributed by atoms with E-state index in [-0.39, 0.29) is 0 Å². The molecule has 11 rings (SSSR count). The van der Waals surface area contributed by atoms with Gasteiger partial charge >= 0.3 is 0 Å². The molecule has 4 nitrogen and oxygen atoms in total. The van der Waals surface area contributed by atoms with Crippen molar-refractivity contribution in [2.45, 2.75) is 0 Å². The minimum absolute atomic E-state index is 0.832. The summed E-state index contributed by atoms with van der Waals surface area (Å²) >= 11 is 0. The third-order valence-corrected chi connectivity index (χ3v) is 10.0. The van der Waals surface area contributed by atoms with Crippen LogP contribution in [0.2, 0.25) is 0 Å². The fourth-order valence-electron chi connectivity index (χ4n) is 7.76. The van der Waals surface area contributed by atoms with Crippen LogP contribution in [0.5, 0.6) is 0 Å². The van der Waals surface area contributed by atoms with Crippen LogP contribution in [-0.4, -0.2) is 0 Å². The molecule has 0 aliphatic heterocycles. The Labute approximate surface area is 286 Å². The number of rotatable bonds is 4. The molecule has 0 radical (unpaired) electrons. The van der Waals surface area contributed by atoms with Crippen LogP contribution in [0, 0.1) is 0 Å². The molecule has 3 aromatic heterocycles. The first-order valence-corrected chi connectivity index (χ1v) is 16.8. The summed E-state index contributed by atoms with van der Waals surface area (Å²) in [6.07, 6.45) is 0. The molecule has 0 atom stereocenters. The molecule has 0 saturated heterocycles. The summed E-state index contributed by atoms with van der Waals surface area (Å²) in [7, 11) is 0. The van der Waals surface area contributed by atoms with Gasteiger partial charge in [-0.3, -0.25) is 0 Å². The molecule has 3 heterocycles. The van der Waals surface area contributed by atoms with Crippen molar-refractivity contribution in [1.82, 2.24) is 0 Å². The number of hydrogen-bond donors (Lipinski definition) is 0. The van der Waals surface area contributed by atoms with E-state index in [1.165, 1.54) is 11.1 Å². The van der Waals surface area contributed by atoms with E-state index in [0.29, 0.717) is 0 Å². The van der Waals surface area contributed by atoms with Gasteiger partial charge in [0.1, 0.15) is 33.5 Å². The molecule has 0 spiro atoms. The van der Waals surface area contributed by atoms with E-state index in [1.54, 1.807) is 0 Å². The molecule has 0 aliphatic rings. The number of fused-ring (bicyclic) bond motifs is 13. The summed E-state index contributed by atoms with van der Waals surface area (Å²) in [5.74, 6) is 0. The largest absolute Gasteiger partial charge is 0.456 e. The average molecular weight is 642 g/mol. The number of anilines is 3. The molecular weight excluding hydrogens is 615 g/mol. The Hall–Kier alpha value is -6.78. The Balaban J connectivity index is 1.17. The molecule has 11 aromatic rings. The average Bonchev–Trinajstić information content (AvgIpc) is 3.87. The second kappa shape index (κ2) is 10.4. The van der Waals surface area contributed by atoms with E-state index < -0.39 is 0 Å². The topological polar surface area (TPSA) is 42.7 Å². The third-order valence-electron chi connectivity index (χ3n) is 10.0. The van der Waals surface area contributed by atoms with Crippen LogP contribution >= 0.6 is 0 Å². The summed E-state index contributed by atoms with van der Waals surface area (Å²) in [5, 5.41) is 8.59. The highest BCUT2D eigenvalue weighted by Gasteiger charge is 2.22. The van der Waals surface area contributed by atoms with E-state index in [1.807, 2.05) is 30.3 Å². The highest BCUT2D eigenvalue weighted by Crippen LogP contribution is 2.47. The summed E-state index contributed by atoms with van der Waals surface area (Å²) in [6.45, 7) is 0. The van der Waals surface area contributed by atoms with Crippen molar-refractivity contribution in [2.75, 3.05) is 4.90 Å². The zero-order chi connectivity index (χ0) is 32.8. The van der Waals surface area contributed by atoms with Gasteiger partial charge in [0.25, 0.3) is 0 Å². The van der Waals surface area contributed by atoms with Gasteiger partial charge in [-0.25, -0.2) is 0 Å². The van der Waals surface area contributed by atoms with Crippen molar-refractivity contribution >= 4 is 93.7 Å². The number of benzene rings is 8. The van der Waals surface area contributed by atoms with Gasteiger partial charge in [0.15, 0.2) is 0 Å². The Morgan fingerprint density at radius 2 is 0.860 bits per heavy atom. The molecule has 4 heteroatoms. The van der Waals surface area contributed by atoms with Crippen molar-refractivity contribution in [2.24, 2.45) is 0 Å². The maximum Gasteiger partial charge on any atom is 0.147 e.